The molecule has 144 valence electrons. The Morgan fingerprint density at radius 2 is 2.00 bits per heavy atom. The highest BCUT2D eigenvalue weighted by atomic mass is 79.9. The number of rotatable bonds is 9. The third kappa shape index (κ3) is 5.54. The molecule has 3 aromatic rings. The Morgan fingerprint density at radius 3 is 2.75 bits per heavy atom. The third-order valence-corrected chi connectivity index (χ3v) is 5.81. The second kappa shape index (κ2) is 10.2. The van der Waals surface area contributed by atoms with Crippen LogP contribution in [0.5, 0.6) is 5.75 Å². The van der Waals surface area contributed by atoms with Crippen molar-refractivity contribution in [3.05, 3.63) is 57.6 Å². The maximum atomic E-state index is 8.87. The molecule has 28 heavy (non-hydrogen) atoms. The van der Waals surface area contributed by atoms with Gasteiger partial charge in [0.25, 0.3) is 0 Å². The van der Waals surface area contributed by atoms with Gasteiger partial charge in [0.2, 0.25) is 0 Å². The lowest BCUT2D eigenvalue weighted by atomic mass is 10.1. The Balaban J connectivity index is 1.68. The zero-order valence-corrected chi connectivity index (χ0v) is 18.0. The zero-order valence-electron chi connectivity index (χ0n) is 15.6. The summed E-state index contributed by atoms with van der Waals surface area (Å²) >= 11 is 5.08. The van der Waals surface area contributed by atoms with Crippen molar-refractivity contribution in [1.82, 2.24) is 9.97 Å². The fraction of sp³-hybridized carbons (Fsp3) is 0.286. The summed E-state index contributed by atoms with van der Waals surface area (Å²) in [6.45, 7) is 3.35. The van der Waals surface area contributed by atoms with E-state index in [1.807, 2.05) is 19.1 Å². The smallest absolute Gasteiger partial charge is 0.133 e. The lowest BCUT2D eigenvalue weighted by molar-refractivity contribution is 0.338. The molecule has 0 aliphatic heterocycles. The first-order valence-corrected chi connectivity index (χ1v) is 10.7. The molecule has 3 rings (SSSR count). The normalized spacial score (nSPS) is 10.5. The monoisotopic (exact) mass is 456 g/mol. The van der Waals surface area contributed by atoms with Crippen LogP contribution in [0.3, 0.4) is 0 Å². The van der Waals surface area contributed by atoms with Gasteiger partial charge in [0.05, 0.1) is 23.2 Å². The fourth-order valence-electron chi connectivity index (χ4n) is 2.73. The minimum absolute atomic E-state index is 0.479. The molecule has 2 aromatic heterocycles. The van der Waals surface area contributed by atoms with Crippen molar-refractivity contribution in [2.45, 2.75) is 26.2 Å². The van der Waals surface area contributed by atoms with E-state index < -0.39 is 0 Å². The summed E-state index contributed by atoms with van der Waals surface area (Å²) in [5.41, 5.74) is 2.13. The summed E-state index contributed by atoms with van der Waals surface area (Å²) in [7, 11) is 0. The molecule has 7 heteroatoms. The Labute approximate surface area is 177 Å². The van der Waals surface area contributed by atoms with Crippen LogP contribution >= 0.6 is 27.3 Å². The van der Waals surface area contributed by atoms with Gasteiger partial charge in [0, 0.05) is 34.4 Å². The second-order valence-electron chi connectivity index (χ2n) is 6.08. The minimum Gasteiger partial charge on any atom is -0.493 e. The zero-order chi connectivity index (χ0) is 19.8. The average molecular weight is 457 g/mol. The number of aromatic nitrogens is 2. The van der Waals surface area contributed by atoms with Gasteiger partial charge in [0.15, 0.2) is 0 Å². The number of aryl methyl sites for hydroxylation is 1. The Hall–Kier alpha value is -2.43. The molecule has 0 amide bonds. The summed E-state index contributed by atoms with van der Waals surface area (Å²) in [4.78, 5) is 10.8. The summed E-state index contributed by atoms with van der Waals surface area (Å²) in [5.74, 6) is 1.65. The Morgan fingerprint density at radius 1 is 1.18 bits per heavy atom. The molecule has 0 aliphatic rings. The molecule has 0 saturated heterocycles. The first-order valence-electron chi connectivity index (χ1n) is 9.12. The highest BCUT2D eigenvalue weighted by Crippen LogP contribution is 2.36. The van der Waals surface area contributed by atoms with Crippen molar-refractivity contribution in [2.75, 3.05) is 18.5 Å². The number of thiophene rings is 1. The molecule has 0 spiro atoms. The highest BCUT2D eigenvalue weighted by molar-refractivity contribution is 9.10. The Kier molecular flexibility index (Phi) is 7.40. The summed E-state index contributed by atoms with van der Waals surface area (Å²) in [6, 6.07) is 14.5. The van der Waals surface area contributed by atoms with Crippen LogP contribution in [0.25, 0.3) is 10.6 Å². The highest BCUT2D eigenvalue weighted by Gasteiger charge is 2.13. The predicted molar refractivity (Wildman–Crippen MR) is 117 cm³/mol. The number of ether oxygens (including phenoxy) is 1. The van der Waals surface area contributed by atoms with Gasteiger partial charge < -0.3 is 10.1 Å². The molecule has 0 fully saturated rings. The van der Waals surface area contributed by atoms with E-state index in [0.717, 1.165) is 44.5 Å². The van der Waals surface area contributed by atoms with E-state index in [4.69, 9.17) is 10.00 Å². The number of nitrogens with zero attached hydrogens (tertiary/aromatic N) is 3. The quantitative estimate of drug-likeness (QED) is 0.461. The Bertz CT molecular complexity index is 950. The average Bonchev–Trinajstić information content (AvgIpc) is 3.11. The molecule has 5 nitrogen and oxygen atoms in total. The third-order valence-electron chi connectivity index (χ3n) is 4.09. The predicted octanol–water partition coefficient (Wildman–Crippen LogP) is 5.48. The number of hydrogen-bond acceptors (Lipinski definition) is 6. The van der Waals surface area contributed by atoms with Gasteiger partial charge in [-0.3, -0.25) is 0 Å². The minimum atomic E-state index is 0.479. The molecule has 0 atom stereocenters. The maximum absolute atomic E-state index is 8.87. The molecule has 0 bridgehead atoms. The van der Waals surface area contributed by atoms with Crippen molar-refractivity contribution in [3.63, 3.8) is 0 Å². The van der Waals surface area contributed by atoms with E-state index in [1.54, 1.807) is 17.7 Å². The first-order chi connectivity index (χ1) is 13.7. The lowest BCUT2D eigenvalue weighted by Gasteiger charge is -2.06. The van der Waals surface area contributed by atoms with Crippen LogP contribution in [0.4, 0.5) is 5.82 Å². The fourth-order valence-corrected chi connectivity index (χ4v) is 4.07. The van der Waals surface area contributed by atoms with E-state index in [9.17, 15) is 0 Å². The van der Waals surface area contributed by atoms with Crippen LogP contribution in [-0.4, -0.2) is 23.1 Å². The molecule has 2 heterocycles. The molecule has 0 unspecified atom stereocenters. The number of benzene rings is 1. The van der Waals surface area contributed by atoms with E-state index in [0.29, 0.717) is 19.4 Å². The van der Waals surface area contributed by atoms with Crippen molar-refractivity contribution in [2.24, 2.45) is 0 Å². The standard InChI is InChI=1S/C21H21BrN4OS/c1-2-27-18-13-20(28-19(18)4-3-10-23)17-12-21(26-14-25-17)24-11-9-15-5-7-16(22)8-6-15/h5-8,12-14H,2-4,9,11H2,1H3,(H,24,25,26). The topological polar surface area (TPSA) is 70.8 Å². The molecule has 0 saturated carbocycles. The molecule has 0 radical (unpaired) electrons. The molecular weight excluding hydrogens is 436 g/mol. The summed E-state index contributed by atoms with van der Waals surface area (Å²) < 4.78 is 6.81. The van der Waals surface area contributed by atoms with Crippen LogP contribution in [0, 0.1) is 11.3 Å². The van der Waals surface area contributed by atoms with E-state index in [1.165, 1.54) is 5.56 Å². The molecular formula is C21H21BrN4OS. The van der Waals surface area contributed by atoms with Gasteiger partial charge >= 0.3 is 0 Å². The number of hydrogen-bond donors (Lipinski definition) is 1. The second-order valence-corrected chi connectivity index (χ2v) is 8.13. The summed E-state index contributed by atoms with van der Waals surface area (Å²) in [5, 5.41) is 12.2. The van der Waals surface area contributed by atoms with Crippen molar-refractivity contribution in [1.29, 1.82) is 5.26 Å². The molecule has 1 aromatic carbocycles. The largest absolute Gasteiger partial charge is 0.493 e. The maximum Gasteiger partial charge on any atom is 0.133 e. The number of nitriles is 1. The van der Waals surface area contributed by atoms with E-state index >= 15 is 0 Å². The molecule has 0 aliphatic carbocycles. The first kappa shape index (κ1) is 20.3. The number of anilines is 1. The van der Waals surface area contributed by atoms with Gasteiger partial charge in [-0.25, -0.2) is 9.97 Å². The lowest BCUT2D eigenvalue weighted by Crippen LogP contribution is -2.06. The van der Waals surface area contributed by atoms with Gasteiger partial charge in [0.1, 0.15) is 17.9 Å². The SMILES string of the molecule is CCOc1cc(-c2cc(NCCc3ccc(Br)cc3)ncn2)sc1CCC#N. The number of halogens is 1. The van der Waals surface area contributed by atoms with Gasteiger partial charge in [-0.2, -0.15) is 5.26 Å². The van der Waals surface area contributed by atoms with Crippen LogP contribution in [0.1, 0.15) is 23.8 Å². The van der Waals surface area contributed by atoms with Crippen molar-refractivity contribution >= 4 is 33.1 Å². The van der Waals surface area contributed by atoms with Gasteiger partial charge in [-0.15, -0.1) is 11.3 Å². The van der Waals surface area contributed by atoms with E-state index in [2.05, 4.69) is 61.5 Å². The van der Waals surface area contributed by atoms with Crippen molar-refractivity contribution < 1.29 is 4.74 Å². The van der Waals surface area contributed by atoms with E-state index in [-0.39, 0.29) is 0 Å². The van der Waals surface area contributed by atoms with Crippen LogP contribution < -0.4 is 10.1 Å². The van der Waals surface area contributed by atoms with Crippen LogP contribution in [0.15, 0.2) is 47.2 Å². The molecule has 1 N–H and O–H groups in total. The summed E-state index contributed by atoms with van der Waals surface area (Å²) in [6.07, 6.45) is 3.66. The van der Waals surface area contributed by atoms with Gasteiger partial charge in [-0.1, -0.05) is 28.1 Å². The van der Waals surface area contributed by atoms with Crippen LogP contribution in [-0.2, 0) is 12.8 Å². The van der Waals surface area contributed by atoms with Gasteiger partial charge in [-0.05, 0) is 37.5 Å². The van der Waals surface area contributed by atoms with Crippen molar-refractivity contribution in [3.8, 4) is 22.4 Å². The van der Waals surface area contributed by atoms with Crippen LogP contribution in [0.2, 0.25) is 0 Å². The number of nitrogens with one attached hydrogen (secondary N) is 1.